The second-order valence-corrected chi connectivity index (χ2v) is 6.92. The number of nitrogens with one attached hydrogen (secondary N) is 1. The van der Waals surface area contributed by atoms with Gasteiger partial charge in [0.15, 0.2) is 0 Å². The van der Waals surface area contributed by atoms with Crippen LogP contribution < -0.4 is 5.32 Å². The summed E-state index contributed by atoms with van der Waals surface area (Å²) >= 11 is 0. The lowest BCUT2D eigenvalue weighted by Crippen LogP contribution is -2.35. The molecular formula is C21H22N4O2. The van der Waals surface area contributed by atoms with Crippen molar-refractivity contribution >= 4 is 22.6 Å². The van der Waals surface area contributed by atoms with E-state index in [2.05, 4.69) is 20.2 Å². The van der Waals surface area contributed by atoms with Gasteiger partial charge in [0.05, 0.1) is 22.7 Å². The molecule has 0 aliphatic carbocycles. The molecule has 1 saturated heterocycles. The van der Waals surface area contributed by atoms with Gasteiger partial charge < -0.3 is 10.4 Å². The van der Waals surface area contributed by atoms with Crippen molar-refractivity contribution in [1.29, 1.82) is 0 Å². The number of rotatable bonds is 4. The number of aliphatic hydroxyl groups is 1. The number of fused-ring (bicyclic) bond motifs is 1. The summed E-state index contributed by atoms with van der Waals surface area (Å²) in [6, 6.07) is 13.3. The number of hydrogen-bond acceptors (Lipinski definition) is 5. The Balaban J connectivity index is 1.39. The van der Waals surface area contributed by atoms with Gasteiger partial charge in [-0.3, -0.25) is 19.7 Å². The van der Waals surface area contributed by atoms with Crippen molar-refractivity contribution < 1.29 is 9.90 Å². The average molecular weight is 362 g/mol. The van der Waals surface area contributed by atoms with Crippen LogP contribution in [0, 0.1) is 0 Å². The molecule has 2 N–H and O–H groups in total. The van der Waals surface area contributed by atoms with Gasteiger partial charge in [-0.2, -0.15) is 0 Å². The van der Waals surface area contributed by atoms with Crippen molar-refractivity contribution in [1.82, 2.24) is 14.9 Å². The molecule has 0 spiro atoms. The Hall–Kier alpha value is -2.83. The molecule has 1 amide bonds. The molecule has 27 heavy (non-hydrogen) atoms. The van der Waals surface area contributed by atoms with Crippen LogP contribution in [0.25, 0.3) is 11.0 Å². The molecule has 1 aliphatic heterocycles. The summed E-state index contributed by atoms with van der Waals surface area (Å²) in [7, 11) is 0. The lowest BCUT2D eigenvalue weighted by Gasteiger charge is -2.29. The van der Waals surface area contributed by atoms with Crippen molar-refractivity contribution in [2.45, 2.75) is 25.5 Å². The number of aliphatic hydroxyl groups excluding tert-OH is 1. The highest BCUT2D eigenvalue weighted by Crippen LogP contribution is 2.17. The molecule has 2 aromatic heterocycles. The SMILES string of the molecule is O=C(Nc1ccc(CN2CCC(O)CC2)cc1)c1cnc2cccnc2c1. The molecule has 1 fully saturated rings. The van der Waals surface area contributed by atoms with E-state index in [4.69, 9.17) is 0 Å². The van der Waals surface area contributed by atoms with Crippen LogP contribution in [0.3, 0.4) is 0 Å². The summed E-state index contributed by atoms with van der Waals surface area (Å²) in [5, 5.41) is 12.5. The van der Waals surface area contributed by atoms with Crippen molar-refractivity contribution in [3.8, 4) is 0 Å². The maximum absolute atomic E-state index is 12.5. The minimum absolute atomic E-state index is 0.154. The number of likely N-dealkylation sites (tertiary alicyclic amines) is 1. The van der Waals surface area contributed by atoms with Crippen molar-refractivity contribution in [3.63, 3.8) is 0 Å². The quantitative estimate of drug-likeness (QED) is 0.746. The third kappa shape index (κ3) is 4.30. The largest absolute Gasteiger partial charge is 0.393 e. The van der Waals surface area contributed by atoms with E-state index in [0.717, 1.165) is 43.7 Å². The summed E-state index contributed by atoms with van der Waals surface area (Å²) < 4.78 is 0. The van der Waals surface area contributed by atoms with Crippen LogP contribution in [0.1, 0.15) is 28.8 Å². The molecule has 1 aliphatic rings. The van der Waals surface area contributed by atoms with Gasteiger partial charge in [0.1, 0.15) is 0 Å². The highest BCUT2D eigenvalue weighted by molar-refractivity contribution is 6.05. The van der Waals surface area contributed by atoms with Gasteiger partial charge in [0.25, 0.3) is 5.91 Å². The fourth-order valence-corrected chi connectivity index (χ4v) is 3.31. The van der Waals surface area contributed by atoms with E-state index < -0.39 is 0 Å². The summed E-state index contributed by atoms with van der Waals surface area (Å²) in [6.45, 7) is 2.70. The Morgan fingerprint density at radius 3 is 2.67 bits per heavy atom. The lowest BCUT2D eigenvalue weighted by atomic mass is 10.1. The number of carbonyl (C=O) groups excluding carboxylic acids is 1. The maximum Gasteiger partial charge on any atom is 0.257 e. The Bertz CT molecular complexity index is 934. The predicted octanol–water partition coefficient (Wildman–Crippen LogP) is 2.84. The standard InChI is InChI=1S/C21H22N4O2/c26-18-7-10-25(11-8-18)14-15-3-5-17(6-4-15)24-21(27)16-12-20-19(23-13-16)2-1-9-22-20/h1-6,9,12-13,18,26H,7-8,10-11,14H2,(H,24,27). The third-order valence-electron chi connectivity index (χ3n) is 4.89. The fourth-order valence-electron chi connectivity index (χ4n) is 3.31. The van der Waals surface area contributed by atoms with Crippen LogP contribution in [0.4, 0.5) is 5.69 Å². The molecule has 3 heterocycles. The minimum Gasteiger partial charge on any atom is -0.393 e. The number of aromatic nitrogens is 2. The number of carbonyl (C=O) groups is 1. The summed E-state index contributed by atoms with van der Waals surface area (Å²) in [5.74, 6) is -0.201. The Kier molecular flexibility index (Phi) is 5.09. The highest BCUT2D eigenvalue weighted by atomic mass is 16.3. The summed E-state index contributed by atoms with van der Waals surface area (Å²) in [6.07, 6.45) is 4.77. The van der Waals surface area contributed by atoms with Crippen LogP contribution in [-0.4, -0.2) is 45.1 Å². The van der Waals surface area contributed by atoms with Gasteiger partial charge in [0, 0.05) is 37.7 Å². The van der Waals surface area contributed by atoms with E-state index in [0.29, 0.717) is 11.1 Å². The van der Waals surface area contributed by atoms with Gasteiger partial charge >= 0.3 is 0 Å². The molecule has 3 aromatic rings. The molecule has 138 valence electrons. The molecule has 1 aromatic carbocycles. The first-order chi connectivity index (χ1) is 13.2. The minimum atomic E-state index is -0.201. The fraction of sp³-hybridized carbons (Fsp3) is 0.286. The van der Waals surface area contributed by atoms with Gasteiger partial charge in [0.2, 0.25) is 0 Å². The number of benzene rings is 1. The molecule has 6 nitrogen and oxygen atoms in total. The zero-order valence-corrected chi connectivity index (χ0v) is 15.0. The number of amides is 1. The number of piperidine rings is 1. The zero-order valence-electron chi connectivity index (χ0n) is 15.0. The maximum atomic E-state index is 12.5. The van der Waals surface area contributed by atoms with Gasteiger partial charge in [-0.1, -0.05) is 12.1 Å². The van der Waals surface area contributed by atoms with E-state index >= 15 is 0 Å². The number of anilines is 1. The molecule has 0 unspecified atom stereocenters. The molecule has 0 bridgehead atoms. The Morgan fingerprint density at radius 1 is 1.11 bits per heavy atom. The van der Waals surface area contributed by atoms with Crippen LogP contribution in [0.5, 0.6) is 0 Å². The van der Waals surface area contributed by atoms with Crippen LogP contribution in [-0.2, 0) is 6.54 Å². The van der Waals surface area contributed by atoms with Crippen LogP contribution in [0.15, 0.2) is 54.9 Å². The van der Waals surface area contributed by atoms with E-state index in [-0.39, 0.29) is 12.0 Å². The zero-order chi connectivity index (χ0) is 18.6. The van der Waals surface area contributed by atoms with E-state index in [1.165, 1.54) is 5.56 Å². The Morgan fingerprint density at radius 2 is 1.89 bits per heavy atom. The monoisotopic (exact) mass is 362 g/mol. The second-order valence-electron chi connectivity index (χ2n) is 6.92. The topological polar surface area (TPSA) is 78.4 Å². The highest BCUT2D eigenvalue weighted by Gasteiger charge is 2.16. The lowest BCUT2D eigenvalue weighted by molar-refractivity contribution is 0.0792. The Labute approximate surface area is 157 Å². The number of hydrogen-bond donors (Lipinski definition) is 2. The molecular weight excluding hydrogens is 340 g/mol. The first-order valence-electron chi connectivity index (χ1n) is 9.19. The first kappa shape index (κ1) is 17.6. The molecule has 0 saturated carbocycles. The van der Waals surface area contributed by atoms with Gasteiger partial charge in [-0.05, 0) is 48.7 Å². The third-order valence-corrected chi connectivity index (χ3v) is 4.89. The summed E-state index contributed by atoms with van der Waals surface area (Å²) in [4.78, 5) is 23.3. The predicted molar refractivity (Wildman–Crippen MR) is 104 cm³/mol. The second kappa shape index (κ2) is 7.82. The van der Waals surface area contributed by atoms with Crippen LogP contribution in [0.2, 0.25) is 0 Å². The van der Waals surface area contributed by atoms with Crippen LogP contribution >= 0.6 is 0 Å². The molecule has 0 radical (unpaired) electrons. The first-order valence-corrected chi connectivity index (χ1v) is 9.19. The van der Waals surface area contributed by atoms with Crippen molar-refractivity contribution in [3.05, 3.63) is 66.0 Å². The molecule has 6 heteroatoms. The van der Waals surface area contributed by atoms with E-state index in [1.807, 2.05) is 36.4 Å². The number of pyridine rings is 2. The number of nitrogens with zero attached hydrogens (tertiary/aromatic N) is 3. The van der Waals surface area contributed by atoms with E-state index in [1.54, 1.807) is 18.5 Å². The smallest absolute Gasteiger partial charge is 0.257 e. The molecule has 0 atom stereocenters. The summed E-state index contributed by atoms with van der Waals surface area (Å²) in [5.41, 5.74) is 3.90. The normalized spacial score (nSPS) is 15.7. The van der Waals surface area contributed by atoms with Gasteiger partial charge in [-0.15, -0.1) is 0 Å². The van der Waals surface area contributed by atoms with Crippen molar-refractivity contribution in [2.75, 3.05) is 18.4 Å². The van der Waals surface area contributed by atoms with E-state index in [9.17, 15) is 9.90 Å². The van der Waals surface area contributed by atoms with Gasteiger partial charge in [-0.25, -0.2) is 0 Å². The van der Waals surface area contributed by atoms with Crippen molar-refractivity contribution in [2.24, 2.45) is 0 Å². The molecule has 4 rings (SSSR count). The average Bonchev–Trinajstić information content (AvgIpc) is 2.71.